The first-order valence-electron chi connectivity index (χ1n) is 15.0. The highest BCUT2D eigenvalue weighted by Crippen LogP contribution is 2.29. The first kappa shape index (κ1) is 32.9. The van der Waals surface area contributed by atoms with Crippen LogP contribution in [0.25, 0.3) is 0 Å². The number of hydrogen-bond donors (Lipinski definition) is 1. The van der Waals surface area contributed by atoms with Gasteiger partial charge in [-0.3, -0.25) is 4.79 Å². The van der Waals surface area contributed by atoms with Gasteiger partial charge in [0.25, 0.3) is 0 Å². The summed E-state index contributed by atoms with van der Waals surface area (Å²) in [6.07, 6.45) is 18.6. The van der Waals surface area contributed by atoms with Crippen LogP contribution in [0.4, 0.5) is 0 Å². The molecular formula is C33H48N2O5. The quantitative estimate of drug-likeness (QED) is 0.0554. The molecule has 1 N–H and O–H groups in total. The highest BCUT2D eigenvalue weighted by atomic mass is 16.6. The molecule has 7 heteroatoms. The second kappa shape index (κ2) is 20.5. The summed E-state index contributed by atoms with van der Waals surface area (Å²) in [5, 5.41) is 4.08. The average Bonchev–Trinajstić information content (AvgIpc) is 2.97. The van der Waals surface area contributed by atoms with Crippen LogP contribution in [-0.4, -0.2) is 31.8 Å². The van der Waals surface area contributed by atoms with E-state index in [1.165, 1.54) is 70.6 Å². The number of carbonyl (C=O) groups excluding carboxylic acids is 2. The Morgan fingerprint density at radius 1 is 0.775 bits per heavy atom. The third kappa shape index (κ3) is 13.6. The van der Waals surface area contributed by atoms with Gasteiger partial charge in [0.2, 0.25) is 5.91 Å². The number of methoxy groups -OCH3 is 1. The fraction of sp³-hybridized carbons (Fsp3) is 0.545. The zero-order valence-corrected chi connectivity index (χ0v) is 24.7. The number of amides is 1. The molecule has 40 heavy (non-hydrogen) atoms. The normalized spacial score (nSPS) is 11.0. The van der Waals surface area contributed by atoms with E-state index in [0.29, 0.717) is 41.4 Å². The molecule has 0 saturated carbocycles. The van der Waals surface area contributed by atoms with E-state index in [9.17, 15) is 9.59 Å². The maximum Gasteiger partial charge on any atom is 0.343 e. The van der Waals surface area contributed by atoms with Crippen LogP contribution in [0.5, 0.6) is 17.2 Å². The molecule has 0 radical (unpaired) electrons. The monoisotopic (exact) mass is 552 g/mol. The maximum atomic E-state index is 12.5. The smallest absolute Gasteiger partial charge is 0.343 e. The van der Waals surface area contributed by atoms with Gasteiger partial charge in [-0.2, -0.15) is 5.10 Å². The average molecular weight is 553 g/mol. The summed E-state index contributed by atoms with van der Waals surface area (Å²) in [5.74, 6) is 0.810. The van der Waals surface area contributed by atoms with Crippen LogP contribution in [0, 0.1) is 0 Å². The third-order valence-electron chi connectivity index (χ3n) is 6.71. The van der Waals surface area contributed by atoms with Gasteiger partial charge >= 0.3 is 5.97 Å². The fourth-order valence-corrected chi connectivity index (χ4v) is 4.38. The summed E-state index contributed by atoms with van der Waals surface area (Å²) in [5.41, 5.74) is 3.72. The van der Waals surface area contributed by atoms with Gasteiger partial charge in [-0.1, -0.05) is 84.0 Å². The Morgan fingerprint density at radius 3 is 1.95 bits per heavy atom. The number of unbranched alkanes of at least 4 members (excludes halogenated alkanes) is 12. The Morgan fingerprint density at radius 2 is 1.38 bits per heavy atom. The first-order chi connectivity index (χ1) is 19.6. The zero-order valence-electron chi connectivity index (χ0n) is 24.7. The van der Waals surface area contributed by atoms with E-state index in [2.05, 4.69) is 17.5 Å². The zero-order chi connectivity index (χ0) is 28.8. The van der Waals surface area contributed by atoms with Crippen molar-refractivity contribution in [2.75, 3.05) is 13.7 Å². The highest BCUT2D eigenvalue weighted by Gasteiger charge is 2.13. The third-order valence-corrected chi connectivity index (χ3v) is 6.71. The lowest BCUT2D eigenvalue weighted by atomic mass is 10.0. The molecule has 2 rings (SSSR count). The molecule has 220 valence electrons. The predicted octanol–water partition coefficient (Wildman–Crippen LogP) is 8.24. The minimum Gasteiger partial charge on any atom is -0.497 e. The van der Waals surface area contributed by atoms with Gasteiger partial charge in [-0.05, 0) is 61.4 Å². The van der Waals surface area contributed by atoms with E-state index in [1.54, 1.807) is 55.8 Å². The minimum atomic E-state index is -0.495. The van der Waals surface area contributed by atoms with Crippen LogP contribution in [0.1, 0.15) is 120 Å². The molecule has 2 aromatic rings. The van der Waals surface area contributed by atoms with E-state index in [-0.39, 0.29) is 5.91 Å². The van der Waals surface area contributed by atoms with Crippen molar-refractivity contribution in [3.63, 3.8) is 0 Å². The molecule has 0 bridgehead atoms. The molecule has 0 spiro atoms. The molecule has 0 unspecified atom stereocenters. The van der Waals surface area contributed by atoms with Gasteiger partial charge < -0.3 is 14.2 Å². The van der Waals surface area contributed by atoms with Crippen LogP contribution in [0.2, 0.25) is 0 Å². The van der Waals surface area contributed by atoms with Crippen LogP contribution < -0.4 is 19.6 Å². The van der Waals surface area contributed by atoms with Crippen molar-refractivity contribution in [2.45, 2.75) is 104 Å². The molecule has 2 aromatic carbocycles. The maximum absolute atomic E-state index is 12.5. The van der Waals surface area contributed by atoms with Crippen molar-refractivity contribution in [3.8, 4) is 17.2 Å². The number of hydrogen-bond acceptors (Lipinski definition) is 6. The van der Waals surface area contributed by atoms with Gasteiger partial charge in [0.05, 0.1) is 25.5 Å². The molecule has 0 aliphatic carbocycles. The van der Waals surface area contributed by atoms with Crippen molar-refractivity contribution >= 4 is 18.1 Å². The number of carbonyl (C=O) groups is 2. The van der Waals surface area contributed by atoms with Crippen molar-refractivity contribution in [2.24, 2.45) is 5.10 Å². The largest absolute Gasteiger partial charge is 0.497 e. The van der Waals surface area contributed by atoms with Crippen LogP contribution in [-0.2, 0) is 4.79 Å². The summed E-state index contributed by atoms with van der Waals surface area (Å²) >= 11 is 0. The van der Waals surface area contributed by atoms with Crippen molar-refractivity contribution < 1.29 is 23.8 Å². The summed E-state index contributed by atoms with van der Waals surface area (Å²) in [6, 6.07) is 11.8. The van der Waals surface area contributed by atoms with Gasteiger partial charge in [0, 0.05) is 6.42 Å². The predicted molar refractivity (Wildman–Crippen MR) is 162 cm³/mol. The molecule has 7 nitrogen and oxygen atoms in total. The standard InChI is InChI=1S/C33H48N2O5/c1-4-6-7-8-9-10-11-12-13-14-15-16-17-18-32(36)35-34-26-27-19-24-30(31(25-27)39-5-2)40-33(37)28-20-22-29(38-3)23-21-28/h19-26H,4-18H2,1-3H3,(H,35,36)/b34-26-. The minimum absolute atomic E-state index is 0.0885. The molecular weight excluding hydrogens is 504 g/mol. The van der Waals surface area contributed by atoms with Gasteiger partial charge in [-0.25, -0.2) is 10.2 Å². The Kier molecular flexibility index (Phi) is 16.9. The van der Waals surface area contributed by atoms with Crippen molar-refractivity contribution in [3.05, 3.63) is 53.6 Å². The first-order valence-corrected chi connectivity index (χ1v) is 15.0. The molecule has 1 amide bonds. The van der Waals surface area contributed by atoms with Gasteiger partial charge in [0.1, 0.15) is 5.75 Å². The molecule has 0 aromatic heterocycles. The Labute approximate surface area is 240 Å². The second-order valence-corrected chi connectivity index (χ2v) is 10.0. The Balaban J connectivity index is 1.65. The van der Waals surface area contributed by atoms with Crippen LogP contribution >= 0.6 is 0 Å². The highest BCUT2D eigenvalue weighted by molar-refractivity contribution is 5.91. The van der Waals surface area contributed by atoms with Crippen LogP contribution in [0.3, 0.4) is 0 Å². The van der Waals surface area contributed by atoms with E-state index in [0.717, 1.165) is 12.8 Å². The van der Waals surface area contributed by atoms with E-state index in [4.69, 9.17) is 14.2 Å². The molecule has 0 aliphatic rings. The summed E-state index contributed by atoms with van der Waals surface area (Å²) < 4.78 is 16.3. The number of hydrazone groups is 1. The number of nitrogens with zero attached hydrogens (tertiary/aromatic N) is 1. The Bertz CT molecular complexity index is 1020. The van der Waals surface area contributed by atoms with E-state index >= 15 is 0 Å². The lowest BCUT2D eigenvalue weighted by Gasteiger charge is -2.11. The number of nitrogens with one attached hydrogen (secondary N) is 1. The molecule has 0 aliphatic heterocycles. The van der Waals surface area contributed by atoms with E-state index < -0.39 is 5.97 Å². The number of rotatable bonds is 21. The van der Waals surface area contributed by atoms with Gasteiger partial charge in [0.15, 0.2) is 11.5 Å². The molecule has 0 atom stereocenters. The van der Waals surface area contributed by atoms with Crippen molar-refractivity contribution in [1.29, 1.82) is 0 Å². The summed E-state index contributed by atoms with van der Waals surface area (Å²) in [7, 11) is 1.57. The molecule has 0 heterocycles. The van der Waals surface area contributed by atoms with Crippen LogP contribution in [0.15, 0.2) is 47.6 Å². The fourth-order valence-electron chi connectivity index (χ4n) is 4.38. The SMILES string of the molecule is CCCCCCCCCCCCCCCC(=O)N/N=C\c1ccc(OC(=O)c2ccc(OC)cc2)c(OCC)c1. The Hall–Kier alpha value is -3.35. The van der Waals surface area contributed by atoms with Crippen molar-refractivity contribution in [1.82, 2.24) is 5.43 Å². The lowest BCUT2D eigenvalue weighted by Crippen LogP contribution is -2.16. The topological polar surface area (TPSA) is 86.2 Å². The second-order valence-electron chi connectivity index (χ2n) is 10.0. The molecule has 0 fully saturated rings. The summed E-state index contributed by atoms with van der Waals surface area (Å²) in [6.45, 7) is 4.52. The summed E-state index contributed by atoms with van der Waals surface area (Å²) in [4.78, 5) is 24.7. The molecule has 0 saturated heterocycles. The van der Waals surface area contributed by atoms with Gasteiger partial charge in [-0.15, -0.1) is 0 Å². The number of esters is 1. The lowest BCUT2D eigenvalue weighted by molar-refractivity contribution is -0.121. The van der Waals surface area contributed by atoms with E-state index in [1.807, 2.05) is 6.92 Å². The number of ether oxygens (including phenoxy) is 3. The number of benzene rings is 2.